The normalized spacial score (nSPS) is 13.2. The fourth-order valence-electron chi connectivity index (χ4n) is 2.39. The minimum Gasteiger partial charge on any atom is -0.476 e. The van der Waals surface area contributed by atoms with Crippen LogP contribution in [0.3, 0.4) is 0 Å². The molecule has 1 aliphatic rings. The summed E-state index contributed by atoms with van der Waals surface area (Å²) in [7, 11) is 0. The lowest BCUT2D eigenvalue weighted by molar-refractivity contribution is -0.122. The second-order valence-corrected chi connectivity index (χ2v) is 6.12. The highest BCUT2D eigenvalue weighted by Crippen LogP contribution is 2.28. The molecule has 1 aromatic heterocycles. The van der Waals surface area contributed by atoms with E-state index >= 15 is 0 Å². The van der Waals surface area contributed by atoms with Crippen molar-refractivity contribution in [3.8, 4) is 5.69 Å². The van der Waals surface area contributed by atoms with Crippen LogP contribution in [-0.2, 0) is 9.59 Å². The van der Waals surface area contributed by atoms with Crippen molar-refractivity contribution in [2.45, 2.75) is 25.7 Å². The number of benzene rings is 1. The molecule has 3 N–H and O–H groups in total. The van der Waals surface area contributed by atoms with Crippen molar-refractivity contribution in [1.29, 1.82) is 0 Å². The monoisotopic (exact) mass is 357 g/mol. The molecule has 26 heavy (non-hydrogen) atoms. The fourth-order valence-corrected chi connectivity index (χ4v) is 2.39. The van der Waals surface area contributed by atoms with Gasteiger partial charge in [0.25, 0.3) is 0 Å². The van der Waals surface area contributed by atoms with Crippen LogP contribution in [0, 0.1) is 5.92 Å². The van der Waals surface area contributed by atoms with Crippen molar-refractivity contribution >= 4 is 23.5 Å². The molecular weight excluding hydrogens is 338 g/mol. The maximum atomic E-state index is 12.0. The lowest BCUT2D eigenvalue weighted by Gasteiger charge is -2.08. The summed E-state index contributed by atoms with van der Waals surface area (Å²) in [5.74, 6) is -1.07. The Balaban J connectivity index is 1.50. The van der Waals surface area contributed by atoms with Crippen molar-refractivity contribution in [2.75, 3.05) is 11.9 Å². The van der Waals surface area contributed by atoms with Crippen LogP contribution < -0.4 is 10.6 Å². The smallest absolute Gasteiger partial charge is 0.358 e. The van der Waals surface area contributed by atoms with E-state index in [1.165, 1.54) is 10.9 Å². The van der Waals surface area contributed by atoms with Gasteiger partial charge in [-0.25, -0.2) is 9.48 Å². The van der Waals surface area contributed by atoms with E-state index in [0.29, 0.717) is 30.8 Å². The molecule has 1 aliphatic carbocycles. The second kappa shape index (κ2) is 7.77. The number of amides is 2. The number of aromatic nitrogens is 3. The predicted molar refractivity (Wildman–Crippen MR) is 91.9 cm³/mol. The molecule has 9 heteroatoms. The number of rotatable bonds is 8. The van der Waals surface area contributed by atoms with Gasteiger partial charge >= 0.3 is 5.97 Å². The number of carbonyl (C=O) groups excluding carboxylic acids is 2. The van der Waals surface area contributed by atoms with Gasteiger partial charge < -0.3 is 15.7 Å². The minimum atomic E-state index is -1.16. The van der Waals surface area contributed by atoms with Gasteiger partial charge in [0.2, 0.25) is 11.8 Å². The Hall–Kier alpha value is -3.23. The van der Waals surface area contributed by atoms with Gasteiger partial charge in [0.1, 0.15) is 0 Å². The Morgan fingerprint density at radius 1 is 1.27 bits per heavy atom. The second-order valence-electron chi connectivity index (χ2n) is 6.12. The molecule has 9 nitrogen and oxygen atoms in total. The van der Waals surface area contributed by atoms with Crippen molar-refractivity contribution in [1.82, 2.24) is 20.3 Å². The molecule has 1 aromatic carbocycles. The summed E-state index contributed by atoms with van der Waals surface area (Å²) in [6, 6.07) is 6.85. The van der Waals surface area contributed by atoms with Crippen molar-refractivity contribution in [3.05, 3.63) is 36.2 Å². The molecule has 0 radical (unpaired) electrons. The quantitative estimate of drug-likeness (QED) is 0.610. The van der Waals surface area contributed by atoms with Crippen LogP contribution in [-0.4, -0.2) is 44.4 Å². The molecule has 0 bridgehead atoms. The summed E-state index contributed by atoms with van der Waals surface area (Å²) in [6.07, 6.45) is 4.08. The molecule has 0 aliphatic heterocycles. The van der Waals surface area contributed by atoms with Gasteiger partial charge in [0.15, 0.2) is 5.69 Å². The summed E-state index contributed by atoms with van der Waals surface area (Å²) >= 11 is 0. The van der Waals surface area contributed by atoms with E-state index < -0.39 is 5.97 Å². The lowest BCUT2D eigenvalue weighted by Crippen LogP contribution is -2.26. The molecular formula is C17H19N5O4. The molecule has 2 aromatic rings. The predicted octanol–water partition coefficient (Wildman–Crippen LogP) is 1.21. The number of carboxylic acid groups (broad SMARTS) is 1. The maximum absolute atomic E-state index is 12.0. The zero-order chi connectivity index (χ0) is 18.5. The summed E-state index contributed by atoms with van der Waals surface area (Å²) in [5.41, 5.74) is 0.995. The van der Waals surface area contributed by atoms with Crippen LogP contribution >= 0.6 is 0 Å². The number of carboxylic acids is 1. The number of anilines is 1. The lowest BCUT2D eigenvalue weighted by atomic mass is 10.2. The first-order chi connectivity index (χ1) is 12.5. The van der Waals surface area contributed by atoms with E-state index in [0.717, 1.165) is 12.8 Å². The van der Waals surface area contributed by atoms with Gasteiger partial charge in [-0.2, -0.15) is 0 Å². The van der Waals surface area contributed by atoms with Crippen molar-refractivity contribution in [2.24, 2.45) is 5.92 Å². The highest BCUT2D eigenvalue weighted by atomic mass is 16.4. The van der Waals surface area contributed by atoms with E-state index in [4.69, 9.17) is 5.11 Å². The number of aromatic carboxylic acids is 1. The third kappa shape index (κ3) is 4.65. The minimum absolute atomic E-state index is 0.0756. The topological polar surface area (TPSA) is 126 Å². The summed E-state index contributed by atoms with van der Waals surface area (Å²) in [5, 5.41) is 21.8. The SMILES string of the molecule is O=C(CCCNC(=O)C1CC1)Nc1cccc(-n2cc(C(=O)O)nn2)c1. The first-order valence-electron chi connectivity index (χ1n) is 8.36. The van der Waals surface area contributed by atoms with Crippen molar-refractivity contribution < 1.29 is 19.5 Å². The Labute approximate surface area is 149 Å². The zero-order valence-electron chi connectivity index (χ0n) is 14.0. The number of hydrogen-bond donors (Lipinski definition) is 3. The maximum Gasteiger partial charge on any atom is 0.358 e. The van der Waals surface area contributed by atoms with Gasteiger partial charge in [0, 0.05) is 24.6 Å². The number of nitrogens with one attached hydrogen (secondary N) is 2. The summed E-state index contributed by atoms with van der Waals surface area (Å²) < 4.78 is 1.33. The molecule has 2 amide bonds. The largest absolute Gasteiger partial charge is 0.476 e. The standard InChI is InChI=1S/C17H19N5O4/c23-15(5-2-8-18-16(24)11-6-7-11)19-12-3-1-4-13(9-12)22-10-14(17(25)26)20-21-22/h1,3-4,9-11H,2,5-8H2,(H,18,24)(H,19,23)(H,25,26). The molecule has 1 heterocycles. The van der Waals surface area contributed by atoms with Crippen molar-refractivity contribution in [3.63, 3.8) is 0 Å². The van der Waals surface area contributed by atoms with Gasteiger partial charge in [-0.1, -0.05) is 11.3 Å². The van der Waals surface area contributed by atoms with Crippen LogP contribution in [0.2, 0.25) is 0 Å². The Morgan fingerprint density at radius 3 is 2.77 bits per heavy atom. The van der Waals surface area contributed by atoms with Gasteiger partial charge in [-0.3, -0.25) is 9.59 Å². The highest BCUT2D eigenvalue weighted by molar-refractivity contribution is 5.91. The van der Waals surface area contributed by atoms with E-state index in [-0.39, 0.29) is 23.4 Å². The van der Waals surface area contributed by atoms with Crippen LogP contribution in [0.5, 0.6) is 0 Å². The van der Waals surface area contributed by atoms with Crippen LogP contribution in [0.1, 0.15) is 36.2 Å². The molecule has 0 unspecified atom stereocenters. The molecule has 3 rings (SSSR count). The van der Waals surface area contributed by atoms with E-state index in [9.17, 15) is 14.4 Å². The number of carbonyl (C=O) groups is 3. The average Bonchev–Trinajstić information content (AvgIpc) is 3.35. The molecule has 136 valence electrons. The van der Waals surface area contributed by atoms with E-state index in [2.05, 4.69) is 20.9 Å². The van der Waals surface area contributed by atoms with E-state index in [1.54, 1.807) is 24.3 Å². The van der Waals surface area contributed by atoms with Crippen LogP contribution in [0.15, 0.2) is 30.5 Å². The fraction of sp³-hybridized carbons (Fsp3) is 0.353. The van der Waals surface area contributed by atoms with E-state index in [1.807, 2.05) is 0 Å². The van der Waals surface area contributed by atoms with Gasteiger partial charge in [-0.15, -0.1) is 5.10 Å². The summed E-state index contributed by atoms with van der Waals surface area (Å²) in [4.78, 5) is 34.4. The molecule has 1 saturated carbocycles. The third-order valence-electron chi connectivity index (χ3n) is 3.93. The summed E-state index contributed by atoms with van der Waals surface area (Å²) in [6.45, 7) is 0.486. The van der Waals surface area contributed by atoms with Crippen LogP contribution in [0.25, 0.3) is 5.69 Å². The molecule has 1 fully saturated rings. The van der Waals surface area contributed by atoms with Crippen LogP contribution in [0.4, 0.5) is 5.69 Å². The average molecular weight is 357 g/mol. The Bertz CT molecular complexity index is 828. The molecule has 0 saturated heterocycles. The zero-order valence-corrected chi connectivity index (χ0v) is 14.0. The van der Waals surface area contributed by atoms with Gasteiger partial charge in [0.05, 0.1) is 11.9 Å². The Kier molecular flexibility index (Phi) is 5.26. The Morgan fingerprint density at radius 2 is 2.08 bits per heavy atom. The first kappa shape index (κ1) is 17.6. The molecule has 0 spiro atoms. The third-order valence-corrected chi connectivity index (χ3v) is 3.93. The molecule has 0 atom stereocenters. The number of nitrogens with zero attached hydrogens (tertiary/aromatic N) is 3. The number of hydrogen-bond acceptors (Lipinski definition) is 5. The first-order valence-corrected chi connectivity index (χ1v) is 8.36. The van der Waals surface area contributed by atoms with Gasteiger partial charge in [-0.05, 0) is 37.5 Å². The highest BCUT2D eigenvalue weighted by Gasteiger charge is 2.28.